The Kier molecular flexibility index (Phi) is 5.28. The summed E-state index contributed by atoms with van der Waals surface area (Å²) in [6, 6.07) is 1.59. The van der Waals surface area contributed by atoms with E-state index in [9.17, 15) is 4.21 Å². The molecule has 0 saturated heterocycles. The number of hydrogen-bond acceptors (Lipinski definition) is 4. The van der Waals surface area contributed by atoms with Gasteiger partial charge in [0.25, 0.3) is 0 Å². The van der Waals surface area contributed by atoms with Gasteiger partial charge in [-0.2, -0.15) is 0 Å². The molecule has 1 heterocycles. The number of anilines is 1. The van der Waals surface area contributed by atoms with Gasteiger partial charge in [-0.05, 0) is 0 Å². The van der Waals surface area contributed by atoms with Crippen molar-refractivity contribution >= 4 is 39.7 Å². The van der Waals surface area contributed by atoms with Gasteiger partial charge in [-0.3, -0.25) is 4.21 Å². The van der Waals surface area contributed by atoms with Crippen LogP contribution in [0.3, 0.4) is 0 Å². The lowest BCUT2D eigenvalue weighted by Crippen LogP contribution is -2.12. The summed E-state index contributed by atoms with van der Waals surface area (Å²) in [4.78, 5) is 0. The van der Waals surface area contributed by atoms with Gasteiger partial charge in [0, 0.05) is 34.9 Å². The zero-order chi connectivity index (χ0) is 11.3. The van der Waals surface area contributed by atoms with E-state index in [0.29, 0.717) is 23.7 Å². The van der Waals surface area contributed by atoms with Crippen LogP contribution in [0.25, 0.3) is 0 Å². The van der Waals surface area contributed by atoms with Gasteiger partial charge >= 0.3 is 0 Å². The minimum absolute atomic E-state index is 0.265. The molecule has 0 aliphatic heterocycles. The number of halogens is 2. The van der Waals surface area contributed by atoms with E-state index in [-0.39, 0.29) is 10.3 Å². The second-order valence-electron chi connectivity index (χ2n) is 2.73. The first-order chi connectivity index (χ1) is 7.13. The molecule has 0 bridgehead atoms. The van der Waals surface area contributed by atoms with Crippen LogP contribution in [0.2, 0.25) is 10.3 Å². The van der Waals surface area contributed by atoms with Crippen molar-refractivity contribution in [2.75, 3.05) is 23.4 Å². The second-order valence-corrected chi connectivity index (χ2v) is 5.34. The molecule has 0 saturated carbocycles. The summed E-state index contributed by atoms with van der Waals surface area (Å²) in [6.45, 7) is 2.45. The van der Waals surface area contributed by atoms with Gasteiger partial charge in [-0.1, -0.05) is 30.1 Å². The van der Waals surface area contributed by atoms with Crippen LogP contribution in [-0.2, 0) is 10.8 Å². The van der Waals surface area contributed by atoms with Gasteiger partial charge in [0.05, 0.1) is 5.69 Å². The highest BCUT2D eigenvalue weighted by Gasteiger charge is 2.03. The number of aromatic nitrogens is 2. The van der Waals surface area contributed by atoms with E-state index in [1.54, 1.807) is 6.07 Å². The van der Waals surface area contributed by atoms with Crippen molar-refractivity contribution in [1.82, 2.24) is 10.2 Å². The average molecular weight is 268 g/mol. The molecule has 1 unspecified atom stereocenters. The summed E-state index contributed by atoms with van der Waals surface area (Å²) in [5, 5.41) is 10.8. The fourth-order valence-electron chi connectivity index (χ4n) is 0.921. The van der Waals surface area contributed by atoms with E-state index >= 15 is 0 Å². The monoisotopic (exact) mass is 267 g/mol. The van der Waals surface area contributed by atoms with Gasteiger partial charge in [0.2, 0.25) is 0 Å². The molecule has 0 aliphatic rings. The molecule has 0 fully saturated rings. The summed E-state index contributed by atoms with van der Waals surface area (Å²) >= 11 is 11.4. The van der Waals surface area contributed by atoms with Crippen molar-refractivity contribution in [1.29, 1.82) is 0 Å². The lowest BCUT2D eigenvalue weighted by atomic mass is 10.4. The van der Waals surface area contributed by atoms with Crippen LogP contribution >= 0.6 is 23.2 Å². The Labute approximate surface area is 101 Å². The maximum atomic E-state index is 11.1. The van der Waals surface area contributed by atoms with Crippen molar-refractivity contribution in [2.24, 2.45) is 0 Å². The Balaban J connectivity index is 2.50. The van der Waals surface area contributed by atoms with Crippen LogP contribution in [0.15, 0.2) is 6.07 Å². The molecular weight excluding hydrogens is 257 g/mol. The summed E-state index contributed by atoms with van der Waals surface area (Å²) in [5.74, 6) is 1.23. The zero-order valence-corrected chi connectivity index (χ0v) is 10.5. The molecule has 1 aromatic heterocycles. The second kappa shape index (κ2) is 6.25. The molecule has 1 N–H and O–H groups in total. The predicted octanol–water partition coefficient (Wildman–Crippen LogP) is 1.96. The molecule has 0 radical (unpaired) electrons. The van der Waals surface area contributed by atoms with E-state index < -0.39 is 10.8 Å². The molecule has 7 heteroatoms. The molecule has 1 aromatic rings. The molecular formula is C8H11Cl2N3OS. The summed E-state index contributed by atoms with van der Waals surface area (Å²) in [6.07, 6.45) is 0. The molecule has 84 valence electrons. The van der Waals surface area contributed by atoms with E-state index in [2.05, 4.69) is 15.5 Å². The Morgan fingerprint density at radius 3 is 2.87 bits per heavy atom. The lowest BCUT2D eigenvalue weighted by molar-refractivity contribution is 0.684. The van der Waals surface area contributed by atoms with Crippen molar-refractivity contribution in [3.8, 4) is 0 Å². The first kappa shape index (κ1) is 12.7. The number of nitrogens with zero attached hydrogens (tertiary/aromatic N) is 2. The highest BCUT2D eigenvalue weighted by atomic mass is 35.5. The molecule has 4 nitrogen and oxygen atoms in total. The summed E-state index contributed by atoms with van der Waals surface area (Å²) in [5.41, 5.74) is 0.616. The Morgan fingerprint density at radius 2 is 2.20 bits per heavy atom. The highest BCUT2D eigenvalue weighted by molar-refractivity contribution is 7.84. The third kappa shape index (κ3) is 4.32. The SMILES string of the molecule is CCS(=O)CCNc1cc(Cl)nnc1Cl. The van der Waals surface area contributed by atoms with Crippen molar-refractivity contribution < 1.29 is 4.21 Å². The van der Waals surface area contributed by atoms with Crippen molar-refractivity contribution in [3.05, 3.63) is 16.4 Å². The van der Waals surface area contributed by atoms with E-state index in [0.717, 1.165) is 0 Å². The van der Waals surface area contributed by atoms with Crippen LogP contribution in [0.4, 0.5) is 5.69 Å². The van der Waals surface area contributed by atoms with Crippen LogP contribution in [0.5, 0.6) is 0 Å². The minimum atomic E-state index is -0.787. The van der Waals surface area contributed by atoms with Gasteiger partial charge in [-0.15, -0.1) is 10.2 Å². The van der Waals surface area contributed by atoms with E-state index in [1.165, 1.54) is 0 Å². The normalized spacial score (nSPS) is 12.5. The maximum absolute atomic E-state index is 11.1. The van der Waals surface area contributed by atoms with Crippen LogP contribution in [0, 0.1) is 0 Å². The quantitative estimate of drug-likeness (QED) is 0.887. The Hall–Kier alpha value is -0.390. The first-order valence-corrected chi connectivity index (χ1v) is 6.65. The molecule has 0 amide bonds. The third-order valence-corrected chi connectivity index (χ3v) is 3.45. The number of nitrogens with one attached hydrogen (secondary N) is 1. The smallest absolute Gasteiger partial charge is 0.174 e. The lowest BCUT2D eigenvalue weighted by Gasteiger charge is -2.06. The summed E-state index contributed by atoms with van der Waals surface area (Å²) < 4.78 is 11.1. The fraction of sp³-hybridized carbons (Fsp3) is 0.500. The molecule has 0 spiro atoms. The Morgan fingerprint density at radius 1 is 1.47 bits per heavy atom. The third-order valence-electron chi connectivity index (χ3n) is 1.69. The van der Waals surface area contributed by atoms with Gasteiger partial charge < -0.3 is 5.32 Å². The van der Waals surface area contributed by atoms with Crippen LogP contribution in [0.1, 0.15) is 6.92 Å². The fourth-order valence-corrected chi connectivity index (χ4v) is 1.85. The highest BCUT2D eigenvalue weighted by Crippen LogP contribution is 2.20. The largest absolute Gasteiger partial charge is 0.381 e. The summed E-state index contributed by atoms with van der Waals surface area (Å²) in [7, 11) is -0.787. The average Bonchev–Trinajstić information content (AvgIpc) is 2.23. The van der Waals surface area contributed by atoms with E-state index in [1.807, 2.05) is 6.92 Å². The Bertz CT molecular complexity index is 362. The van der Waals surface area contributed by atoms with Gasteiger partial charge in [0.15, 0.2) is 10.3 Å². The van der Waals surface area contributed by atoms with Gasteiger partial charge in [-0.25, -0.2) is 0 Å². The van der Waals surface area contributed by atoms with Gasteiger partial charge in [0.1, 0.15) is 0 Å². The number of hydrogen-bond donors (Lipinski definition) is 1. The van der Waals surface area contributed by atoms with Crippen LogP contribution in [-0.4, -0.2) is 32.5 Å². The first-order valence-electron chi connectivity index (χ1n) is 4.41. The minimum Gasteiger partial charge on any atom is -0.381 e. The molecule has 15 heavy (non-hydrogen) atoms. The number of rotatable bonds is 5. The van der Waals surface area contributed by atoms with E-state index in [4.69, 9.17) is 23.2 Å². The maximum Gasteiger partial charge on any atom is 0.174 e. The topological polar surface area (TPSA) is 54.9 Å². The predicted molar refractivity (Wildman–Crippen MR) is 64.1 cm³/mol. The molecule has 1 rings (SSSR count). The van der Waals surface area contributed by atoms with Crippen molar-refractivity contribution in [3.63, 3.8) is 0 Å². The van der Waals surface area contributed by atoms with Crippen LogP contribution < -0.4 is 5.32 Å². The molecule has 1 atom stereocenters. The standard InChI is InChI=1S/C8H11Cl2N3OS/c1-2-15(14)4-3-11-6-5-7(9)12-13-8(6)10/h5H,2-4H2,1H3,(H,11,12). The van der Waals surface area contributed by atoms with Crippen molar-refractivity contribution in [2.45, 2.75) is 6.92 Å². The zero-order valence-electron chi connectivity index (χ0n) is 8.17. The molecule has 0 aromatic carbocycles. The molecule has 0 aliphatic carbocycles.